The van der Waals surface area contributed by atoms with Gasteiger partial charge >= 0.3 is 11.9 Å². The predicted molar refractivity (Wildman–Crippen MR) is 95.6 cm³/mol. The Morgan fingerprint density at radius 2 is 1.59 bits per heavy atom. The van der Waals surface area contributed by atoms with Gasteiger partial charge in [-0.1, -0.05) is 41.5 Å². The van der Waals surface area contributed by atoms with Gasteiger partial charge in [0.25, 0.3) is 5.91 Å². The zero-order chi connectivity index (χ0) is 19.8. The summed E-state index contributed by atoms with van der Waals surface area (Å²) in [5.41, 5.74) is -0.0532. The summed E-state index contributed by atoms with van der Waals surface area (Å²) in [7, 11) is 0. The number of carbonyl (C=O) groups excluding carboxylic acids is 3. The molecule has 0 bridgehead atoms. The Morgan fingerprint density at radius 1 is 1.00 bits per heavy atom. The molecule has 1 aromatic heterocycles. The number of hydrogen-bond acceptors (Lipinski definition) is 6. The Morgan fingerprint density at radius 3 is 2.11 bits per heavy atom. The lowest BCUT2D eigenvalue weighted by Gasteiger charge is -2.14. The second kappa shape index (κ2) is 8.98. The largest absolute Gasteiger partial charge is 0.860 e. The summed E-state index contributed by atoms with van der Waals surface area (Å²) in [6.45, 7) is 2.32. The lowest BCUT2D eigenvalue weighted by Crippen LogP contribution is -2.57. The lowest BCUT2D eigenvalue weighted by atomic mass is 10.1. The molecule has 0 aliphatic rings. The second-order valence-corrected chi connectivity index (χ2v) is 5.30. The minimum atomic E-state index is -0.933. The average molecular weight is 364 g/mol. The van der Waals surface area contributed by atoms with Gasteiger partial charge in [-0.3, -0.25) is 4.79 Å². The van der Waals surface area contributed by atoms with Gasteiger partial charge in [0.05, 0.1) is 12.4 Å². The fraction of sp³-hybridized carbons (Fsp3) is 0.105. The monoisotopic (exact) mass is 364 g/mol. The van der Waals surface area contributed by atoms with Crippen LogP contribution in [0.1, 0.15) is 19.4 Å². The van der Waals surface area contributed by atoms with Crippen LogP contribution in [-0.4, -0.2) is 34.5 Å². The summed E-state index contributed by atoms with van der Waals surface area (Å²) in [6.07, 6.45) is 3.04. The number of amides is 2. The molecule has 2 amide bonds. The third-order valence-corrected chi connectivity index (χ3v) is 3.32. The Labute approximate surface area is 155 Å². The molecule has 0 atom stereocenters. The predicted octanol–water partition coefficient (Wildman–Crippen LogP) is 0.162. The number of benzene rings is 1. The van der Waals surface area contributed by atoms with Crippen molar-refractivity contribution < 1.29 is 24.1 Å². The zero-order valence-electron chi connectivity index (χ0n) is 14.7. The summed E-state index contributed by atoms with van der Waals surface area (Å²) in [4.78, 5) is 37.3. The maximum Gasteiger partial charge on any atom is 0.436 e. The molecule has 0 N–H and O–H groups in total. The molecule has 0 aliphatic heterocycles. The van der Waals surface area contributed by atoms with Gasteiger partial charge in [0.2, 0.25) is 0 Å². The second-order valence-electron chi connectivity index (χ2n) is 5.30. The van der Waals surface area contributed by atoms with Gasteiger partial charge in [0.1, 0.15) is 11.5 Å². The van der Waals surface area contributed by atoms with Crippen LogP contribution in [0, 0.1) is 0 Å². The van der Waals surface area contributed by atoms with Crippen LogP contribution in [0.4, 0.5) is 0 Å². The van der Waals surface area contributed by atoms with Gasteiger partial charge in [-0.15, -0.1) is 4.90 Å². The van der Waals surface area contributed by atoms with Gasteiger partial charge in [-0.05, 0) is 24.6 Å². The minimum Gasteiger partial charge on any atom is -0.860 e. The maximum atomic E-state index is 13.0. The van der Waals surface area contributed by atoms with Crippen LogP contribution in [0.5, 0.6) is 0 Å². The van der Waals surface area contributed by atoms with Gasteiger partial charge in [-0.25, -0.2) is 14.2 Å². The molecule has 27 heavy (non-hydrogen) atoms. The molecule has 0 saturated heterocycles. The Kier molecular flexibility index (Phi) is 6.46. The molecule has 1 aromatic carbocycles. The van der Waals surface area contributed by atoms with Crippen LogP contribution in [0.15, 0.2) is 71.1 Å². The van der Waals surface area contributed by atoms with Crippen LogP contribution in [0.25, 0.3) is 5.57 Å². The molecular weight excluding hydrogens is 348 g/mol. The molecule has 2 rings (SSSR count). The topological polar surface area (TPSA) is 106 Å². The number of aromatic nitrogens is 1. The van der Waals surface area contributed by atoms with Crippen LogP contribution >= 0.6 is 0 Å². The smallest absolute Gasteiger partial charge is 0.436 e. The summed E-state index contributed by atoms with van der Waals surface area (Å²) in [6, 6.07) is 13.1. The van der Waals surface area contributed by atoms with Gasteiger partial charge in [0, 0.05) is 17.9 Å². The first kappa shape index (κ1) is 19.4. The van der Waals surface area contributed by atoms with E-state index in [1.54, 1.807) is 54.5 Å². The van der Waals surface area contributed by atoms with E-state index in [4.69, 9.17) is 0 Å². The van der Waals surface area contributed by atoms with Crippen molar-refractivity contribution >= 4 is 35.2 Å². The first-order valence-electron chi connectivity index (χ1n) is 7.87. The molecule has 8 heteroatoms. The van der Waals surface area contributed by atoms with E-state index in [0.29, 0.717) is 10.5 Å². The van der Waals surface area contributed by atoms with E-state index in [1.165, 1.54) is 23.9 Å². The zero-order valence-corrected chi connectivity index (χ0v) is 14.7. The van der Waals surface area contributed by atoms with E-state index in [1.807, 2.05) is 0 Å². The lowest BCUT2D eigenvalue weighted by molar-refractivity contribution is -0.563. The van der Waals surface area contributed by atoms with E-state index >= 15 is 0 Å². The van der Waals surface area contributed by atoms with Crippen molar-refractivity contribution in [2.45, 2.75) is 13.8 Å². The molecule has 0 aliphatic carbocycles. The van der Waals surface area contributed by atoms with E-state index < -0.39 is 17.7 Å². The molecule has 1 heterocycles. The van der Waals surface area contributed by atoms with Gasteiger partial charge < -0.3 is 5.11 Å². The Hall–Kier alpha value is -3.90. The number of nitrogens with zero attached hydrogens (tertiary/aromatic N) is 4. The molecule has 0 saturated carbocycles. The Balaban J connectivity index is 2.60. The van der Waals surface area contributed by atoms with E-state index in [-0.39, 0.29) is 11.5 Å². The normalized spacial score (nSPS) is 11.5. The third kappa shape index (κ3) is 4.81. The van der Waals surface area contributed by atoms with Crippen molar-refractivity contribution in [1.29, 1.82) is 0 Å². The van der Waals surface area contributed by atoms with Gasteiger partial charge in [-0.2, -0.15) is 0 Å². The number of imide groups is 1. The van der Waals surface area contributed by atoms with Crippen LogP contribution < -0.4 is 9.67 Å². The molecule has 0 spiro atoms. The number of rotatable bonds is 3. The molecular formula is C19H16N4O4. The van der Waals surface area contributed by atoms with E-state index in [9.17, 15) is 19.5 Å². The minimum absolute atomic E-state index is 0.244. The van der Waals surface area contributed by atoms with E-state index in [0.717, 1.165) is 6.92 Å². The highest BCUT2D eigenvalue weighted by Crippen LogP contribution is 2.15. The SMILES string of the molecule is CC(=O)N(C(=O)C(=C=O)c1ccccc1)/C(=N/N=C(\C)[O-])[n+]1ccccc1. The van der Waals surface area contributed by atoms with Crippen LogP contribution in [0.2, 0.25) is 0 Å². The molecule has 136 valence electrons. The van der Waals surface area contributed by atoms with Crippen molar-refractivity contribution in [3.63, 3.8) is 0 Å². The highest BCUT2D eigenvalue weighted by atomic mass is 16.3. The van der Waals surface area contributed by atoms with Crippen molar-refractivity contribution in [3.05, 3.63) is 66.5 Å². The highest BCUT2D eigenvalue weighted by Gasteiger charge is 2.37. The van der Waals surface area contributed by atoms with Crippen LogP contribution in [-0.2, 0) is 14.4 Å². The number of carbonyl (C=O) groups is 2. The van der Waals surface area contributed by atoms with Crippen LogP contribution in [0.3, 0.4) is 0 Å². The molecule has 2 aromatic rings. The fourth-order valence-electron chi connectivity index (χ4n) is 2.18. The number of pyridine rings is 1. The highest BCUT2D eigenvalue weighted by molar-refractivity contribution is 6.34. The van der Waals surface area contributed by atoms with Gasteiger partial charge in [0.15, 0.2) is 0 Å². The fourth-order valence-corrected chi connectivity index (χ4v) is 2.18. The summed E-state index contributed by atoms with van der Waals surface area (Å²) in [5, 5.41) is 18.4. The van der Waals surface area contributed by atoms with Crippen molar-refractivity contribution in [2.24, 2.45) is 10.2 Å². The summed E-state index contributed by atoms with van der Waals surface area (Å²) < 4.78 is 1.33. The molecule has 8 nitrogen and oxygen atoms in total. The first-order valence-corrected chi connectivity index (χ1v) is 7.87. The van der Waals surface area contributed by atoms with Crippen molar-refractivity contribution in [2.75, 3.05) is 0 Å². The third-order valence-electron chi connectivity index (χ3n) is 3.32. The molecule has 0 unspecified atom stereocenters. The standard InChI is InChI=1S/C19H16N4O4/c1-14(25)20-21-19(22-11-7-4-8-12-22)23(15(2)26)18(27)17(13-24)16-9-5-3-6-10-16/h3-12H,1-2H3/b21-19+. The first-order chi connectivity index (χ1) is 13.0. The van der Waals surface area contributed by atoms with E-state index in [2.05, 4.69) is 10.2 Å². The van der Waals surface area contributed by atoms with Crippen molar-refractivity contribution in [1.82, 2.24) is 4.90 Å². The molecule has 0 fully saturated rings. The quantitative estimate of drug-likeness (QED) is 0.193. The van der Waals surface area contributed by atoms with Crippen molar-refractivity contribution in [3.8, 4) is 0 Å². The summed E-state index contributed by atoms with van der Waals surface area (Å²) >= 11 is 0. The Bertz CT molecular complexity index is 942. The molecule has 0 radical (unpaired) electrons. The summed E-state index contributed by atoms with van der Waals surface area (Å²) in [5.74, 6) is -0.917. The maximum absolute atomic E-state index is 13.0. The average Bonchev–Trinajstić information content (AvgIpc) is 2.66. The number of hydrogen-bond donors (Lipinski definition) is 0.